The van der Waals surface area contributed by atoms with Crippen LogP contribution < -0.4 is 9.47 Å². The molecule has 0 aliphatic carbocycles. The van der Waals surface area contributed by atoms with Crippen molar-refractivity contribution in [2.24, 2.45) is 5.41 Å². The molecule has 2 aromatic rings. The zero-order valence-corrected chi connectivity index (χ0v) is 18.5. The fourth-order valence-electron chi connectivity index (χ4n) is 4.56. The molecule has 2 aliphatic heterocycles. The maximum atomic E-state index is 13.0. The molecule has 0 aromatic heterocycles. The summed E-state index contributed by atoms with van der Waals surface area (Å²) >= 11 is 0. The van der Waals surface area contributed by atoms with Crippen molar-refractivity contribution in [3.63, 3.8) is 0 Å². The number of cyclic esters (lactones) is 1. The predicted octanol–water partition coefficient (Wildman–Crippen LogP) is 4.02. The van der Waals surface area contributed by atoms with E-state index in [9.17, 15) is 9.59 Å². The Hall–Kier alpha value is -3.02. The minimum absolute atomic E-state index is 0.0121. The van der Waals surface area contributed by atoms with Crippen molar-refractivity contribution in [2.75, 3.05) is 32.9 Å². The number of rotatable bonds is 3. The Labute approximate surface area is 189 Å². The van der Waals surface area contributed by atoms with Crippen molar-refractivity contribution in [3.8, 4) is 11.5 Å². The van der Waals surface area contributed by atoms with Crippen molar-refractivity contribution in [2.45, 2.75) is 38.5 Å². The number of esters is 1. The number of para-hydroxylation sites is 2. The zero-order chi connectivity index (χ0) is 22.2. The number of aryl methyl sites for hydroxylation is 1. The number of ether oxygens (including phenoxy) is 3. The molecule has 0 atom stereocenters. The molecule has 0 radical (unpaired) electrons. The molecule has 170 valence electrons. The van der Waals surface area contributed by atoms with E-state index in [0.717, 1.165) is 31.4 Å². The number of piperidine rings is 1. The molecule has 6 heteroatoms. The third-order valence-electron chi connectivity index (χ3n) is 6.51. The summed E-state index contributed by atoms with van der Waals surface area (Å²) in [5.74, 6) is 1.36. The first-order valence-electron chi connectivity index (χ1n) is 11.5. The SMILES string of the molecule is O=C(COc1ccccc1)N1CCC2(CCCCc3ccccc3OCCOC2=O)CC1. The van der Waals surface area contributed by atoms with Crippen LogP contribution in [0.3, 0.4) is 0 Å². The van der Waals surface area contributed by atoms with E-state index in [0.29, 0.717) is 38.3 Å². The third kappa shape index (κ3) is 5.42. The predicted molar refractivity (Wildman–Crippen MR) is 121 cm³/mol. The summed E-state index contributed by atoms with van der Waals surface area (Å²) in [5, 5.41) is 0. The smallest absolute Gasteiger partial charge is 0.312 e. The van der Waals surface area contributed by atoms with Gasteiger partial charge in [0.1, 0.15) is 24.7 Å². The number of benzene rings is 2. The normalized spacial score (nSPS) is 19.0. The lowest BCUT2D eigenvalue weighted by Crippen LogP contribution is -2.48. The summed E-state index contributed by atoms with van der Waals surface area (Å²) in [6.07, 6.45) is 4.90. The van der Waals surface area contributed by atoms with Gasteiger partial charge in [0.25, 0.3) is 5.91 Å². The molecule has 32 heavy (non-hydrogen) atoms. The van der Waals surface area contributed by atoms with E-state index in [1.54, 1.807) is 4.90 Å². The van der Waals surface area contributed by atoms with Crippen LogP contribution in [-0.2, 0) is 20.7 Å². The van der Waals surface area contributed by atoms with Gasteiger partial charge in [0.2, 0.25) is 0 Å². The molecule has 0 N–H and O–H groups in total. The van der Waals surface area contributed by atoms with E-state index in [4.69, 9.17) is 14.2 Å². The topological polar surface area (TPSA) is 65.1 Å². The van der Waals surface area contributed by atoms with E-state index in [1.807, 2.05) is 48.5 Å². The van der Waals surface area contributed by atoms with Gasteiger partial charge in [-0.05, 0) is 55.9 Å². The first-order valence-corrected chi connectivity index (χ1v) is 11.5. The van der Waals surface area contributed by atoms with Gasteiger partial charge in [0.05, 0.1) is 5.41 Å². The van der Waals surface area contributed by atoms with Gasteiger partial charge in [-0.25, -0.2) is 0 Å². The summed E-state index contributed by atoms with van der Waals surface area (Å²) < 4.78 is 17.1. The molecule has 1 saturated heterocycles. The van der Waals surface area contributed by atoms with Crippen LogP contribution >= 0.6 is 0 Å². The molecular formula is C26H31NO5. The van der Waals surface area contributed by atoms with E-state index in [1.165, 1.54) is 5.56 Å². The van der Waals surface area contributed by atoms with Crippen LogP contribution in [0.1, 0.15) is 37.7 Å². The Morgan fingerprint density at radius 3 is 2.44 bits per heavy atom. The van der Waals surface area contributed by atoms with Crippen molar-refractivity contribution < 1.29 is 23.8 Å². The van der Waals surface area contributed by atoms with E-state index >= 15 is 0 Å². The fraction of sp³-hybridized carbons (Fsp3) is 0.462. The van der Waals surface area contributed by atoms with Gasteiger partial charge >= 0.3 is 5.97 Å². The number of amides is 1. The monoisotopic (exact) mass is 437 g/mol. The van der Waals surface area contributed by atoms with E-state index in [2.05, 4.69) is 6.07 Å². The van der Waals surface area contributed by atoms with Crippen LogP contribution in [0.25, 0.3) is 0 Å². The summed E-state index contributed by atoms with van der Waals surface area (Å²) in [4.78, 5) is 27.5. The van der Waals surface area contributed by atoms with Crippen LogP contribution in [0, 0.1) is 5.41 Å². The van der Waals surface area contributed by atoms with Crippen molar-refractivity contribution >= 4 is 11.9 Å². The molecule has 1 fully saturated rings. The zero-order valence-electron chi connectivity index (χ0n) is 18.5. The summed E-state index contributed by atoms with van der Waals surface area (Å²) in [6, 6.07) is 17.4. The largest absolute Gasteiger partial charge is 0.490 e. The standard InChI is InChI=1S/C26H31NO5/c28-24(20-32-22-10-2-1-3-11-22)27-16-14-26(15-17-27)13-7-6-9-21-8-4-5-12-23(21)30-18-19-31-25(26)29/h1-5,8,10-12H,6-7,9,13-20H2. The minimum Gasteiger partial charge on any atom is -0.490 e. The van der Waals surface area contributed by atoms with Gasteiger partial charge in [0.15, 0.2) is 6.61 Å². The van der Waals surface area contributed by atoms with Gasteiger partial charge in [-0.15, -0.1) is 0 Å². The highest BCUT2D eigenvalue weighted by Gasteiger charge is 2.43. The first kappa shape index (κ1) is 22.2. The summed E-state index contributed by atoms with van der Waals surface area (Å²) in [7, 11) is 0. The minimum atomic E-state index is -0.518. The Balaban J connectivity index is 1.33. The molecule has 1 spiro atoms. The number of fused-ring (bicyclic) bond motifs is 1. The second kappa shape index (κ2) is 10.5. The Morgan fingerprint density at radius 2 is 1.62 bits per heavy atom. The summed E-state index contributed by atoms with van der Waals surface area (Å²) in [6.45, 7) is 1.69. The number of hydrogen-bond donors (Lipinski definition) is 0. The average molecular weight is 438 g/mol. The number of carbonyl (C=O) groups excluding carboxylic acids is 2. The number of likely N-dealkylation sites (tertiary alicyclic amines) is 1. The number of nitrogens with zero attached hydrogens (tertiary/aromatic N) is 1. The van der Waals surface area contributed by atoms with Crippen LogP contribution in [0.2, 0.25) is 0 Å². The quantitative estimate of drug-likeness (QED) is 0.679. The van der Waals surface area contributed by atoms with Gasteiger partial charge in [-0.3, -0.25) is 9.59 Å². The van der Waals surface area contributed by atoms with E-state index in [-0.39, 0.29) is 25.1 Å². The highest BCUT2D eigenvalue weighted by Crippen LogP contribution is 2.38. The fourth-order valence-corrected chi connectivity index (χ4v) is 4.56. The lowest BCUT2D eigenvalue weighted by Gasteiger charge is -2.40. The van der Waals surface area contributed by atoms with Crippen LogP contribution in [0.4, 0.5) is 0 Å². The van der Waals surface area contributed by atoms with Crippen molar-refractivity contribution in [1.82, 2.24) is 4.90 Å². The molecule has 0 bridgehead atoms. The Bertz CT molecular complexity index is 905. The molecule has 6 nitrogen and oxygen atoms in total. The maximum absolute atomic E-state index is 13.0. The average Bonchev–Trinajstić information content (AvgIpc) is 2.84. The molecule has 2 heterocycles. The van der Waals surface area contributed by atoms with Gasteiger partial charge in [0, 0.05) is 13.1 Å². The second-order valence-corrected chi connectivity index (χ2v) is 8.56. The Kier molecular flexibility index (Phi) is 7.30. The molecule has 0 unspecified atom stereocenters. The highest BCUT2D eigenvalue weighted by atomic mass is 16.6. The molecule has 0 saturated carbocycles. The molecule has 1 amide bonds. The van der Waals surface area contributed by atoms with Crippen LogP contribution in [0.15, 0.2) is 54.6 Å². The molecule has 2 aromatic carbocycles. The first-order chi connectivity index (χ1) is 15.7. The molecular weight excluding hydrogens is 406 g/mol. The van der Waals surface area contributed by atoms with Crippen molar-refractivity contribution in [3.05, 3.63) is 60.2 Å². The summed E-state index contributed by atoms with van der Waals surface area (Å²) in [5.41, 5.74) is 0.683. The lowest BCUT2D eigenvalue weighted by molar-refractivity contribution is -0.162. The molecule has 4 rings (SSSR count). The number of hydrogen-bond acceptors (Lipinski definition) is 5. The van der Waals surface area contributed by atoms with Gasteiger partial charge in [-0.2, -0.15) is 0 Å². The third-order valence-corrected chi connectivity index (χ3v) is 6.51. The van der Waals surface area contributed by atoms with Gasteiger partial charge in [-0.1, -0.05) is 42.8 Å². The van der Waals surface area contributed by atoms with Gasteiger partial charge < -0.3 is 19.1 Å². The van der Waals surface area contributed by atoms with E-state index < -0.39 is 5.41 Å². The second-order valence-electron chi connectivity index (χ2n) is 8.56. The number of carbonyl (C=O) groups is 2. The Morgan fingerprint density at radius 1 is 0.906 bits per heavy atom. The maximum Gasteiger partial charge on any atom is 0.312 e. The van der Waals surface area contributed by atoms with Crippen molar-refractivity contribution in [1.29, 1.82) is 0 Å². The highest BCUT2D eigenvalue weighted by molar-refractivity contribution is 5.80. The molecule has 2 aliphatic rings. The van der Waals surface area contributed by atoms with Crippen LogP contribution in [-0.4, -0.2) is 49.7 Å². The van der Waals surface area contributed by atoms with Crippen LogP contribution in [0.5, 0.6) is 11.5 Å². The lowest BCUT2D eigenvalue weighted by atomic mass is 9.74.